The van der Waals surface area contributed by atoms with E-state index >= 15 is 0 Å². The van der Waals surface area contributed by atoms with Gasteiger partial charge < -0.3 is 9.84 Å². The van der Waals surface area contributed by atoms with Crippen LogP contribution in [0.15, 0.2) is 18.2 Å². The monoisotopic (exact) mass is 250 g/mol. The van der Waals surface area contributed by atoms with Crippen LogP contribution < -0.4 is 4.74 Å². The first kappa shape index (κ1) is 14.6. The van der Waals surface area contributed by atoms with E-state index in [-0.39, 0.29) is 0 Å². The van der Waals surface area contributed by atoms with E-state index in [4.69, 9.17) is 4.74 Å². The molecule has 0 heterocycles. The van der Waals surface area contributed by atoms with E-state index in [1.165, 1.54) is 0 Å². The minimum Gasteiger partial charge on any atom is -0.496 e. The van der Waals surface area contributed by atoms with Crippen LogP contribution in [0.1, 0.15) is 37.8 Å². The number of carboxylic acid groups (broad SMARTS) is 1. The third kappa shape index (κ3) is 2.84. The molecule has 1 aromatic rings. The minimum absolute atomic E-state index is 0.514. The molecule has 0 aliphatic heterocycles. The van der Waals surface area contributed by atoms with Crippen LogP contribution in [-0.2, 0) is 11.2 Å². The third-order valence-electron chi connectivity index (χ3n) is 3.77. The number of benzene rings is 1. The Hall–Kier alpha value is -1.51. The molecule has 0 bridgehead atoms. The van der Waals surface area contributed by atoms with Crippen molar-refractivity contribution >= 4 is 5.97 Å². The zero-order valence-corrected chi connectivity index (χ0v) is 11.6. The summed E-state index contributed by atoms with van der Waals surface area (Å²) < 4.78 is 5.32. The number of aryl methyl sites for hydroxylation is 1. The SMILES string of the molecule is CCC(CC)(Cc1cc(C)ccc1OC)C(=O)O. The zero-order valence-electron chi connectivity index (χ0n) is 11.6. The van der Waals surface area contributed by atoms with Crippen molar-refractivity contribution in [3.8, 4) is 5.75 Å². The number of ether oxygens (including phenoxy) is 1. The Balaban J connectivity index is 3.15. The van der Waals surface area contributed by atoms with Crippen LogP contribution in [0, 0.1) is 12.3 Å². The molecule has 3 heteroatoms. The van der Waals surface area contributed by atoms with Crippen molar-refractivity contribution in [2.45, 2.75) is 40.0 Å². The van der Waals surface area contributed by atoms with Crippen molar-refractivity contribution in [3.05, 3.63) is 29.3 Å². The molecule has 18 heavy (non-hydrogen) atoms. The molecule has 100 valence electrons. The van der Waals surface area contributed by atoms with E-state index in [1.807, 2.05) is 39.0 Å². The standard InChI is InChI=1S/C15H22O3/c1-5-15(6-2,14(16)17)10-12-9-11(3)7-8-13(12)18-4/h7-9H,5-6,10H2,1-4H3,(H,16,17). The summed E-state index contributed by atoms with van der Waals surface area (Å²) in [7, 11) is 1.62. The van der Waals surface area contributed by atoms with Crippen molar-refractivity contribution < 1.29 is 14.6 Å². The van der Waals surface area contributed by atoms with Crippen LogP contribution in [-0.4, -0.2) is 18.2 Å². The van der Waals surface area contributed by atoms with Gasteiger partial charge in [-0.15, -0.1) is 0 Å². The number of hydrogen-bond acceptors (Lipinski definition) is 2. The summed E-state index contributed by atoms with van der Waals surface area (Å²) in [5.74, 6) is 0.0455. The maximum Gasteiger partial charge on any atom is 0.309 e. The van der Waals surface area contributed by atoms with Gasteiger partial charge in [-0.3, -0.25) is 4.79 Å². The van der Waals surface area contributed by atoms with Crippen LogP contribution in [0.25, 0.3) is 0 Å². The van der Waals surface area contributed by atoms with Crippen LogP contribution in [0.5, 0.6) is 5.75 Å². The Kier molecular flexibility index (Phi) is 4.76. The van der Waals surface area contributed by atoms with Crippen LogP contribution in [0.2, 0.25) is 0 Å². The molecule has 1 aromatic carbocycles. The lowest BCUT2D eigenvalue weighted by atomic mass is 9.76. The molecule has 0 aliphatic carbocycles. The van der Waals surface area contributed by atoms with Crippen molar-refractivity contribution in [2.75, 3.05) is 7.11 Å². The highest BCUT2D eigenvalue weighted by Crippen LogP contribution is 2.34. The second-order valence-corrected chi connectivity index (χ2v) is 4.78. The second-order valence-electron chi connectivity index (χ2n) is 4.78. The smallest absolute Gasteiger partial charge is 0.309 e. The second kappa shape index (κ2) is 5.89. The molecular weight excluding hydrogens is 228 g/mol. The molecule has 1 N–H and O–H groups in total. The van der Waals surface area contributed by atoms with Gasteiger partial charge in [0.05, 0.1) is 12.5 Å². The molecule has 1 rings (SSSR count). The van der Waals surface area contributed by atoms with Gasteiger partial charge >= 0.3 is 5.97 Å². The van der Waals surface area contributed by atoms with E-state index in [0.29, 0.717) is 19.3 Å². The highest BCUT2D eigenvalue weighted by Gasteiger charge is 2.35. The van der Waals surface area contributed by atoms with Crippen LogP contribution >= 0.6 is 0 Å². The number of aliphatic carboxylic acids is 1. The molecule has 0 saturated heterocycles. The van der Waals surface area contributed by atoms with Gasteiger partial charge in [-0.2, -0.15) is 0 Å². The molecule has 0 spiro atoms. The predicted octanol–water partition coefficient (Wildman–Crippen LogP) is 3.44. The van der Waals surface area contributed by atoms with Crippen molar-refractivity contribution in [3.63, 3.8) is 0 Å². The molecule has 0 atom stereocenters. The first-order valence-electron chi connectivity index (χ1n) is 6.36. The Morgan fingerprint density at radius 1 is 1.33 bits per heavy atom. The van der Waals surface area contributed by atoms with Crippen LogP contribution in [0.4, 0.5) is 0 Å². The number of hydrogen-bond donors (Lipinski definition) is 1. The topological polar surface area (TPSA) is 46.5 Å². The molecular formula is C15H22O3. The van der Waals surface area contributed by atoms with Gasteiger partial charge in [0, 0.05) is 0 Å². The summed E-state index contributed by atoms with van der Waals surface area (Å²) in [6.45, 7) is 5.86. The van der Waals surface area contributed by atoms with Crippen molar-refractivity contribution in [1.29, 1.82) is 0 Å². The van der Waals surface area contributed by atoms with Gasteiger partial charge in [0.2, 0.25) is 0 Å². The molecule has 0 radical (unpaired) electrons. The van der Waals surface area contributed by atoms with Crippen molar-refractivity contribution in [1.82, 2.24) is 0 Å². The Morgan fingerprint density at radius 2 is 1.94 bits per heavy atom. The summed E-state index contributed by atoms with van der Waals surface area (Å²) in [4.78, 5) is 11.5. The van der Waals surface area contributed by atoms with Gasteiger partial charge in [0.25, 0.3) is 0 Å². The Labute approximate surface area is 109 Å². The molecule has 0 amide bonds. The summed E-state index contributed by atoms with van der Waals surface area (Å²) in [5.41, 5.74) is 1.40. The summed E-state index contributed by atoms with van der Waals surface area (Å²) >= 11 is 0. The molecule has 0 saturated carbocycles. The highest BCUT2D eigenvalue weighted by atomic mass is 16.5. The summed E-state index contributed by atoms with van der Waals surface area (Å²) in [6.07, 6.45) is 1.76. The number of carboxylic acids is 1. The van der Waals surface area contributed by atoms with Gasteiger partial charge in [-0.05, 0) is 37.8 Å². The van der Waals surface area contributed by atoms with E-state index in [0.717, 1.165) is 16.9 Å². The Morgan fingerprint density at radius 3 is 2.39 bits per heavy atom. The maximum absolute atomic E-state index is 11.5. The minimum atomic E-state index is -0.726. The lowest BCUT2D eigenvalue weighted by Crippen LogP contribution is -2.32. The van der Waals surface area contributed by atoms with E-state index in [1.54, 1.807) is 7.11 Å². The Bertz CT molecular complexity index is 420. The molecule has 3 nitrogen and oxygen atoms in total. The van der Waals surface area contributed by atoms with Crippen LogP contribution in [0.3, 0.4) is 0 Å². The van der Waals surface area contributed by atoms with E-state index in [2.05, 4.69) is 0 Å². The first-order chi connectivity index (χ1) is 8.49. The fourth-order valence-electron chi connectivity index (χ4n) is 2.29. The average molecular weight is 250 g/mol. The normalized spacial score (nSPS) is 11.3. The van der Waals surface area contributed by atoms with E-state index < -0.39 is 11.4 Å². The third-order valence-corrected chi connectivity index (χ3v) is 3.77. The van der Waals surface area contributed by atoms with E-state index in [9.17, 15) is 9.90 Å². The fourth-order valence-corrected chi connectivity index (χ4v) is 2.29. The lowest BCUT2D eigenvalue weighted by molar-refractivity contribution is -0.149. The quantitative estimate of drug-likeness (QED) is 0.841. The zero-order chi connectivity index (χ0) is 13.8. The number of methoxy groups -OCH3 is 1. The van der Waals surface area contributed by atoms with Gasteiger partial charge in [0.1, 0.15) is 5.75 Å². The molecule has 0 fully saturated rings. The van der Waals surface area contributed by atoms with Gasteiger partial charge in [-0.25, -0.2) is 0 Å². The first-order valence-corrected chi connectivity index (χ1v) is 6.36. The fraction of sp³-hybridized carbons (Fsp3) is 0.533. The highest BCUT2D eigenvalue weighted by molar-refractivity contribution is 5.75. The largest absolute Gasteiger partial charge is 0.496 e. The summed E-state index contributed by atoms with van der Waals surface area (Å²) in [6, 6.07) is 5.90. The number of rotatable bonds is 6. The molecule has 0 aromatic heterocycles. The average Bonchev–Trinajstić information content (AvgIpc) is 2.36. The lowest BCUT2D eigenvalue weighted by Gasteiger charge is -2.27. The predicted molar refractivity (Wildman–Crippen MR) is 72.1 cm³/mol. The maximum atomic E-state index is 11.5. The molecule has 0 unspecified atom stereocenters. The summed E-state index contributed by atoms with van der Waals surface area (Å²) in [5, 5.41) is 9.48. The van der Waals surface area contributed by atoms with Gasteiger partial charge in [0.15, 0.2) is 0 Å². The van der Waals surface area contributed by atoms with Gasteiger partial charge in [-0.1, -0.05) is 31.5 Å². The van der Waals surface area contributed by atoms with Crippen molar-refractivity contribution in [2.24, 2.45) is 5.41 Å². The molecule has 0 aliphatic rings. The number of carbonyl (C=O) groups is 1.